The number of amides is 2. The summed E-state index contributed by atoms with van der Waals surface area (Å²) in [7, 11) is 0. The van der Waals surface area contributed by atoms with Crippen molar-refractivity contribution in [3.63, 3.8) is 0 Å². The van der Waals surface area contributed by atoms with Crippen LogP contribution < -0.4 is 5.32 Å². The predicted molar refractivity (Wildman–Crippen MR) is 96.2 cm³/mol. The quantitative estimate of drug-likeness (QED) is 0.842. The van der Waals surface area contributed by atoms with Crippen molar-refractivity contribution in [2.75, 3.05) is 11.9 Å². The van der Waals surface area contributed by atoms with Crippen LogP contribution in [0.4, 0.5) is 18.9 Å². The minimum absolute atomic E-state index is 0.0628. The van der Waals surface area contributed by atoms with E-state index in [0.29, 0.717) is 17.9 Å². The molecule has 1 N–H and O–H groups in total. The van der Waals surface area contributed by atoms with Crippen LogP contribution in [0.3, 0.4) is 0 Å². The van der Waals surface area contributed by atoms with Crippen LogP contribution in [0.15, 0.2) is 29.6 Å². The Hall–Kier alpha value is -2.42. The molecule has 0 saturated carbocycles. The number of benzene rings is 1. The second kappa shape index (κ2) is 7.67. The first-order valence-corrected chi connectivity index (χ1v) is 9.28. The Morgan fingerprint density at radius 1 is 1.37 bits per heavy atom. The lowest BCUT2D eigenvalue weighted by molar-refractivity contribution is -0.137. The first kappa shape index (κ1) is 19.3. The fraction of sp³-hybridized carbons (Fsp3) is 0.389. The zero-order valence-corrected chi connectivity index (χ0v) is 15.4. The van der Waals surface area contributed by atoms with E-state index in [1.807, 2.05) is 0 Å². The van der Waals surface area contributed by atoms with Gasteiger partial charge in [-0.05, 0) is 36.5 Å². The Morgan fingerprint density at radius 2 is 2.15 bits per heavy atom. The number of rotatable bonds is 4. The molecular weight excluding hydrogens is 379 g/mol. The van der Waals surface area contributed by atoms with Crippen molar-refractivity contribution in [3.05, 3.63) is 35.2 Å². The van der Waals surface area contributed by atoms with Crippen molar-refractivity contribution >= 4 is 29.0 Å². The molecule has 1 aromatic carbocycles. The second-order valence-electron chi connectivity index (χ2n) is 6.42. The number of carbonyl (C=O) groups excluding carboxylic acids is 2. The number of aromatic nitrogens is 1. The zero-order valence-electron chi connectivity index (χ0n) is 14.5. The van der Waals surface area contributed by atoms with Gasteiger partial charge in [0.05, 0.1) is 11.3 Å². The highest BCUT2D eigenvalue weighted by molar-refractivity contribution is 7.04. The van der Waals surface area contributed by atoms with Gasteiger partial charge in [-0.2, -0.15) is 17.5 Å². The van der Waals surface area contributed by atoms with Crippen LogP contribution in [0.25, 0.3) is 11.3 Å². The molecule has 2 amide bonds. The number of hydrogen-bond donors (Lipinski definition) is 1. The van der Waals surface area contributed by atoms with Crippen molar-refractivity contribution in [3.8, 4) is 11.3 Å². The molecule has 1 atom stereocenters. The van der Waals surface area contributed by atoms with Crippen molar-refractivity contribution in [1.82, 2.24) is 9.27 Å². The largest absolute Gasteiger partial charge is 0.416 e. The van der Waals surface area contributed by atoms with Crippen molar-refractivity contribution in [2.45, 2.75) is 38.4 Å². The van der Waals surface area contributed by atoms with Crippen molar-refractivity contribution in [1.29, 1.82) is 0 Å². The normalized spacial score (nSPS) is 17.2. The van der Waals surface area contributed by atoms with Crippen molar-refractivity contribution < 1.29 is 22.8 Å². The number of halogens is 3. The van der Waals surface area contributed by atoms with Gasteiger partial charge in [0.2, 0.25) is 11.8 Å². The molecule has 0 aliphatic carbocycles. The average Bonchev–Trinajstić information content (AvgIpc) is 3.23. The van der Waals surface area contributed by atoms with Gasteiger partial charge in [-0.15, -0.1) is 0 Å². The van der Waals surface area contributed by atoms with Crippen LogP contribution in [-0.2, 0) is 15.8 Å². The summed E-state index contributed by atoms with van der Waals surface area (Å²) in [5.74, 6) is -0.353. The maximum atomic E-state index is 12.9. The molecule has 1 aliphatic heterocycles. The van der Waals surface area contributed by atoms with E-state index in [-0.39, 0.29) is 29.8 Å². The van der Waals surface area contributed by atoms with Crippen LogP contribution in [-0.4, -0.2) is 33.7 Å². The summed E-state index contributed by atoms with van der Waals surface area (Å²) in [5.41, 5.74) is 0.187. The monoisotopic (exact) mass is 397 g/mol. The summed E-state index contributed by atoms with van der Waals surface area (Å²) < 4.78 is 42.9. The van der Waals surface area contributed by atoms with E-state index in [4.69, 9.17) is 0 Å². The Bertz CT molecular complexity index is 850. The number of nitrogens with zero attached hydrogens (tertiary/aromatic N) is 2. The van der Waals surface area contributed by atoms with Gasteiger partial charge >= 0.3 is 6.18 Å². The molecule has 5 nitrogen and oxygen atoms in total. The van der Waals surface area contributed by atoms with Gasteiger partial charge in [-0.25, -0.2) is 0 Å². The third-order valence-electron chi connectivity index (χ3n) is 4.51. The fourth-order valence-electron chi connectivity index (χ4n) is 3.25. The van der Waals surface area contributed by atoms with E-state index in [2.05, 4.69) is 9.69 Å². The molecule has 2 heterocycles. The standard InChI is InChI=1S/C18H18F3N3O2S/c1-11(25)24-7-3-6-14(24)9-16(26)22-15-10-27-23-17(15)12-4-2-5-13(8-12)18(19,20)21/h2,4-5,8,10,14H,3,6-7,9H2,1H3,(H,22,26). The number of likely N-dealkylation sites (tertiary alicyclic amines) is 1. The summed E-state index contributed by atoms with van der Waals surface area (Å²) in [6, 6.07) is 4.69. The minimum Gasteiger partial charge on any atom is -0.339 e. The van der Waals surface area contributed by atoms with E-state index in [9.17, 15) is 22.8 Å². The third kappa shape index (κ3) is 4.47. The van der Waals surface area contributed by atoms with Crippen LogP contribution in [0.5, 0.6) is 0 Å². The molecule has 1 fully saturated rings. The molecule has 27 heavy (non-hydrogen) atoms. The lowest BCUT2D eigenvalue weighted by Crippen LogP contribution is -2.36. The van der Waals surface area contributed by atoms with E-state index >= 15 is 0 Å². The fourth-order valence-corrected chi connectivity index (χ4v) is 3.89. The summed E-state index contributed by atoms with van der Waals surface area (Å²) >= 11 is 1.05. The number of hydrogen-bond acceptors (Lipinski definition) is 4. The topological polar surface area (TPSA) is 62.3 Å². The molecule has 144 valence electrons. The van der Waals surface area contributed by atoms with Gasteiger partial charge in [0.25, 0.3) is 0 Å². The maximum Gasteiger partial charge on any atom is 0.416 e. The molecule has 9 heteroatoms. The summed E-state index contributed by atoms with van der Waals surface area (Å²) in [5, 5.41) is 4.31. The zero-order chi connectivity index (χ0) is 19.6. The number of anilines is 1. The van der Waals surface area contributed by atoms with Crippen LogP contribution in [0.2, 0.25) is 0 Å². The molecule has 1 aromatic heterocycles. The molecule has 0 bridgehead atoms. The Balaban J connectivity index is 1.74. The van der Waals surface area contributed by atoms with Crippen molar-refractivity contribution in [2.24, 2.45) is 0 Å². The smallest absolute Gasteiger partial charge is 0.339 e. The number of alkyl halides is 3. The van der Waals surface area contributed by atoms with Gasteiger partial charge < -0.3 is 10.2 Å². The molecule has 0 spiro atoms. The minimum atomic E-state index is -4.45. The number of nitrogens with one attached hydrogen (secondary N) is 1. The molecule has 1 aliphatic rings. The SMILES string of the molecule is CC(=O)N1CCCC1CC(=O)Nc1csnc1-c1cccc(C(F)(F)F)c1. The Morgan fingerprint density at radius 3 is 2.85 bits per heavy atom. The molecule has 3 rings (SSSR count). The Kier molecular flexibility index (Phi) is 5.50. The summed E-state index contributed by atoms with van der Waals surface area (Å²) in [6.45, 7) is 2.12. The van der Waals surface area contributed by atoms with Gasteiger partial charge in [-0.1, -0.05) is 12.1 Å². The van der Waals surface area contributed by atoms with Gasteiger partial charge in [0.15, 0.2) is 0 Å². The maximum absolute atomic E-state index is 12.9. The lowest BCUT2D eigenvalue weighted by Gasteiger charge is -2.22. The Labute approximate surface area is 158 Å². The highest BCUT2D eigenvalue weighted by atomic mass is 32.1. The second-order valence-corrected chi connectivity index (χ2v) is 7.05. The average molecular weight is 397 g/mol. The van der Waals surface area contributed by atoms with E-state index < -0.39 is 11.7 Å². The first-order chi connectivity index (χ1) is 12.8. The third-order valence-corrected chi connectivity index (χ3v) is 5.14. The highest BCUT2D eigenvalue weighted by Gasteiger charge is 2.31. The van der Waals surface area contributed by atoms with Crippen LogP contribution in [0, 0.1) is 0 Å². The van der Waals surface area contributed by atoms with E-state index in [1.54, 1.807) is 10.3 Å². The van der Waals surface area contributed by atoms with E-state index in [1.165, 1.54) is 19.1 Å². The molecule has 2 aromatic rings. The predicted octanol–water partition coefficient (Wildman–Crippen LogP) is 4.17. The molecule has 1 saturated heterocycles. The summed E-state index contributed by atoms with van der Waals surface area (Å²) in [6.07, 6.45) is -2.69. The first-order valence-electron chi connectivity index (χ1n) is 8.45. The van der Waals surface area contributed by atoms with Crippen LogP contribution in [0.1, 0.15) is 31.7 Å². The van der Waals surface area contributed by atoms with Gasteiger partial charge in [0.1, 0.15) is 5.69 Å². The summed E-state index contributed by atoms with van der Waals surface area (Å²) in [4.78, 5) is 25.7. The lowest BCUT2D eigenvalue weighted by atomic mass is 10.1. The van der Waals surface area contributed by atoms with E-state index in [0.717, 1.165) is 36.5 Å². The van der Waals surface area contributed by atoms with Gasteiger partial charge in [-0.3, -0.25) is 9.59 Å². The molecular formula is C18H18F3N3O2S. The highest BCUT2D eigenvalue weighted by Crippen LogP contribution is 2.34. The van der Waals surface area contributed by atoms with Crippen LogP contribution >= 0.6 is 11.5 Å². The molecule has 0 radical (unpaired) electrons. The molecule has 1 unspecified atom stereocenters. The van der Waals surface area contributed by atoms with Gasteiger partial charge in [0, 0.05) is 36.9 Å². The number of carbonyl (C=O) groups is 2.